The molecule has 0 spiro atoms. The molecule has 0 saturated carbocycles. The van der Waals surface area contributed by atoms with Gasteiger partial charge < -0.3 is 5.11 Å². The van der Waals surface area contributed by atoms with Crippen LogP contribution in [0.1, 0.15) is 32.3 Å². The SMILES string of the molecule is C/C=C/CC(O)(C/C=C/C)c1ccc(Cl)cc1. The van der Waals surface area contributed by atoms with E-state index in [9.17, 15) is 5.11 Å². The first-order valence-corrected chi connectivity index (χ1v) is 6.21. The summed E-state index contributed by atoms with van der Waals surface area (Å²) in [6.07, 6.45) is 9.09. The maximum Gasteiger partial charge on any atom is 0.0965 e. The molecule has 0 fully saturated rings. The zero-order valence-electron chi connectivity index (χ0n) is 10.4. The predicted molar refractivity (Wildman–Crippen MR) is 74.2 cm³/mol. The van der Waals surface area contributed by atoms with E-state index in [1.54, 1.807) is 0 Å². The van der Waals surface area contributed by atoms with Crippen LogP contribution in [0.5, 0.6) is 0 Å². The number of halogens is 1. The van der Waals surface area contributed by atoms with Crippen LogP contribution in [0.15, 0.2) is 48.6 Å². The minimum Gasteiger partial charge on any atom is -0.385 e. The second-order valence-electron chi connectivity index (χ2n) is 4.08. The number of rotatable bonds is 5. The van der Waals surface area contributed by atoms with Crippen LogP contribution in [0.2, 0.25) is 5.02 Å². The number of hydrogen-bond donors (Lipinski definition) is 1. The molecule has 0 amide bonds. The molecule has 0 aromatic heterocycles. The van der Waals surface area contributed by atoms with Crippen LogP contribution in [0.4, 0.5) is 0 Å². The Bertz CT molecular complexity index is 376. The molecular weight excluding hydrogens is 232 g/mol. The lowest BCUT2D eigenvalue weighted by Crippen LogP contribution is -2.24. The Morgan fingerprint density at radius 1 is 1.06 bits per heavy atom. The minimum absolute atomic E-state index is 0.607. The van der Waals surface area contributed by atoms with Gasteiger partial charge >= 0.3 is 0 Å². The molecule has 1 N–H and O–H groups in total. The van der Waals surface area contributed by atoms with Gasteiger partial charge in [-0.3, -0.25) is 0 Å². The first kappa shape index (κ1) is 14.0. The summed E-state index contributed by atoms with van der Waals surface area (Å²) in [4.78, 5) is 0. The van der Waals surface area contributed by atoms with E-state index in [0.717, 1.165) is 5.56 Å². The van der Waals surface area contributed by atoms with Crippen molar-refractivity contribution in [2.45, 2.75) is 32.3 Å². The normalized spacial score (nSPS) is 12.7. The Kier molecular flexibility index (Phi) is 5.46. The van der Waals surface area contributed by atoms with Gasteiger partial charge in [0.2, 0.25) is 0 Å². The Morgan fingerprint density at radius 2 is 1.53 bits per heavy atom. The minimum atomic E-state index is -0.844. The molecule has 1 nitrogen and oxygen atoms in total. The molecule has 0 aliphatic carbocycles. The van der Waals surface area contributed by atoms with Crippen molar-refractivity contribution in [3.63, 3.8) is 0 Å². The van der Waals surface area contributed by atoms with E-state index in [1.807, 2.05) is 62.4 Å². The number of allylic oxidation sites excluding steroid dienone is 2. The number of aliphatic hydroxyl groups is 1. The van der Waals surface area contributed by atoms with Crippen molar-refractivity contribution in [2.75, 3.05) is 0 Å². The van der Waals surface area contributed by atoms with Crippen LogP contribution in [-0.2, 0) is 5.60 Å². The lowest BCUT2D eigenvalue weighted by molar-refractivity contribution is 0.0427. The Labute approximate surface area is 108 Å². The van der Waals surface area contributed by atoms with Gasteiger partial charge in [-0.25, -0.2) is 0 Å². The molecular formula is C15H19ClO. The molecule has 0 aliphatic heterocycles. The number of benzene rings is 1. The molecule has 0 atom stereocenters. The van der Waals surface area contributed by atoms with Crippen molar-refractivity contribution in [1.29, 1.82) is 0 Å². The largest absolute Gasteiger partial charge is 0.385 e. The molecule has 2 heteroatoms. The van der Waals surface area contributed by atoms with Crippen molar-refractivity contribution in [2.24, 2.45) is 0 Å². The standard InChI is InChI=1S/C15H19ClO/c1-3-5-11-15(17,12-6-4-2)13-7-9-14(16)10-8-13/h3-10,17H,11-12H2,1-2H3/b5-3+,6-4+. The first-order chi connectivity index (χ1) is 8.12. The fraction of sp³-hybridized carbons (Fsp3) is 0.333. The van der Waals surface area contributed by atoms with E-state index in [1.165, 1.54) is 0 Å². The van der Waals surface area contributed by atoms with Crippen LogP contribution in [-0.4, -0.2) is 5.11 Å². The number of hydrogen-bond acceptors (Lipinski definition) is 1. The molecule has 1 aromatic carbocycles. The van der Waals surface area contributed by atoms with Crippen LogP contribution in [0.25, 0.3) is 0 Å². The van der Waals surface area contributed by atoms with Gasteiger partial charge in [-0.1, -0.05) is 48.0 Å². The van der Waals surface area contributed by atoms with Crippen LogP contribution in [0.3, 0.4) is 0 Å². The summed E-state index contributed by atoms with van der Waals surface area (Å²) < 4.78 is 0. The van der Waals surface area contributed by atoms with E-state index in [4.69, 9.17) is 11.6 Å². The first-order valence-electron chi connectivity index (χ1n) is 5.83. The predicted octanol–water partition coefficient (Wildman–Crippen LogP) is 4.46. The lowest BCUT2D eigenvalue weighted by atomic mass is 9.87. The molecule has 0 unspecified atom stereocenters. The summed E-state index contributed by atoms with van der Waals surface area (Å²) in [5.74, 6) is 0. The average molecular weight is 251 g/mol. The van der Waals surface area contributed by atoms with Crippen LogP contribution >= 0.6 is 11.6 Å². The van der Waals surface area contributed by atoms with Crippen molar-refractivity contribution in [1.82, 2.24) is 0 Å². The van der Waals surface area contributed by atoms with Gasteiger partial charge in [0.25, 0.3) is 0 Å². The van der Waals surface area contributed by atoms with Gasteiger partial charge in [0, 0.05) is 5.02 Å². The highest BCUT2D eigenvalue weighted by Gasteiger charge is 2.26. The van der Waals surface area contributed by atoms with Gasteiger partial charge in [-0.2, -0.15) is 0 Å². The maximum atomic E-state index is 10.7. The van der Waals surface area contributed by atoms with Crippen LogP contribution in [0, 0.1) is 0 Å². The highest BCUT2D eigenvalue weighted by atomic mass is 35.5. The van der Waals surface area contributed by atoms with E-state index in [-0.39, 0.29) is 0 Å². The summed E-state index contributed by atoms with van der Waals surface area (Å²) in [5, 5.41) is 11.4. The topological polar surface area (TPSA) is 20.2 Å². The van der Waals surface area contributed by atoms with Gasteiger partial charge in [0.15, 0.2) is 0 Å². The highest BCUT2D eigenvalue weighted by Crippen LogP contribution is 2.30. The fourth-order valence-electron chi connectivity index (χ4n) is 1.70. The fourth-order valence-corrected chi connectivity index (χ4v) is 1.83. The Balaban J connectivity index is 2.99. The van der Waals surface area contributed by atoms with Crippen molar-refractivity contribution in [3.05, 3.63) is 59.2 Å². The quantitative estimate of drug-likeness (QED) is 0.765. The molecule has 1 rings (SSSR count). The maximum absolute atomic E-state index is 10.7. The summed E-state index contributed by atoms with van der Waals surface area (Å²) in [6, 6.07) is 7.39. The lowest BCUT2D eigenvalue weighted by Gasteiger charge is -2.26. The molecule has 0 heterocycles. The molecule has 0 bridgehead atoms. The molecule has 1 aromatic rings. The summed E-state index contributed by atoms with van der Waals surface area (Å²) in [7, 11) is 0. The second-order valence-corrected chi connectivity index (χ2v) is 4.52. The van der Waals surface area contributed by atoms with E-state index in [0.29, 0.717) is 17.9 Å². The van der Waals surface area contributed by atoms with Gasteiger partial charge in [0.1, 0.15) is 0 Å². The Hall–Kier alpha value is -1.05. The second kappa shape index (κ2) is 6.63. The third-order valence-corrected chi connectivity index (χ3v) is 3.02. The monoisotopic (exact) mass is 250 g/mol. The van der Waals surface area contributed by atoms with E-state index in [2.05, 4.69) is 0 Å². The van der Waals surface area contributed by atoms with Gasteiger partial charge in [-0.15, -0.1) is 0 Å². The average Bonchev–Trinajstić information content (AvgIpc) is 2.34. The van der Waals surface area contributed by atoms with Crippen molar-refractivity contribution >= 4 is 11.6 Å². The summed E-state index contributed by atoms with van der Waals surface area (Å²) in [6.45, 7) is 3.91. The molecule has 92 valence electrons. The smallest absolute Gasteiger partial charge is 0.0965 e. The molecule has 0 radical (unpaired) electrons. The van der Waals surface area contributed by atoms with E-state index >= 15 is 0 Å². The molecule has 0 saturated heterocycles. The third kappa shape index (κ3) is 4.03. The highest BCUT2D eigenvalue weighted by molar-refractivity contribution is 6.30. The molecule has 17 heavy (non-hydrogen) atoms. The van der Waals surface area contributed by atoms with Crippen LogP contribution < -0.4 is 0 Å². The summed E-state index contributed by atoms with van der Waals surface area (Å²) in [5.41, 5.74) is 0.0574. The van der Waals surface area contributed by atoms with Crippen molar-refractivity contribution in [3.8, 4) is 0 Å². The van der Waals surface area contributed by atoms with Gasteiger partial charge in [0.05, 0.1) is 5.60 Å². The van der Waals surface area contributed by atoms with E-state index < -0.39 is 5.60 Å². The zero-order valence-corrected chi connectivity index (χ0v) is 11.1. The summed E-state index contributed by atoms with van der Waals surface area (Å²) >= 11 is 5.86. The molecule has 0 aliphatic rings. The zero-order chi connectivity index (χ0) is 12.7. The Morgan fingerprint density at radius 3 is 1.94 bits per heavy atom. The van der Waals surface area contributed by atoms with Crippen molar-refractivity contribution < 1.29 is 5.11 Å². The third-order valence-electron chi connectivity index (χ3n) is 2.76. The van der Waals surface area contributed by atoms with Gasteiger partial charge in [-0.05, 0) is 44.4 Å².